The third-order valence-electron chi connectivity index (χ3n) is 2.00. The van der Waals surface area contributed by atoms with E-state index in [1.54, 1.807) is 18.2 Å². The molecule has 16 heavy (non-hydrogen) atoms. The number of anilines is 1. The van der Waals surface area contributed by atoms with Gasteiger partial charge in [-0.15, -0.1) is 0 Å². The fourth-order valence-electron chi connectivity index (χ4n) is 1.20. The summed E-state index contributed by atoms with van der Waals surface area (Å²) < 4.78 is 5.10. The molecule has 0 spiro atoms. The van der Waals surface area contributed by atoms with Crippen molar-refractivity contribution in [2.24, 2.45) is 0 Å². The zero-order valence-corrected chi connectivity index (χ0v) is 9.88. The van der Waals surface area contributed by atoms with Crippen LogP contribution >= 0.6 is 11.6 Å². The number of ether oxygens (including phenoxy) is 1. The largest absolute Gasteiger partial charge is 0.398 e. The fourth-order valence-corrected chi connectivity index (χ4v) is 1.37. The van der Waals surface area contributed by atoms with E-state index in [4.69, 9.17) is 22.1 Å². The van der Waals surface area contributed by atoms with E-state index in [0.29, 0.717) is 36.0 Å². The van der Waals surface area contributed by atoms with Crippen molar-refractivity contribution in [1.29, 1.82) is 0 Å². The van der Waals surface area contributed by atoms with Crippen LogP contribution in [0.1, 0.15) is 17.3 Å². The van der Waals surface area contributed by atoms with Gasteiger partial charge in [-0.25, -0.2) is 0 Å². The standard InChI is InChI=1S/C11H15ClN2O2/c1-2-16-6-5-14-11(15)9-7-8(12)3-4-10(9)13/h3-4,7H,2,5-6,13H2,1H3,(H,14,15). The summed E-state index contributed by atoms with van der Waals surface area (Å²) in [6.45, 7) is 3.48. The Morgan fingerprint density at radius 2 is 2.31 bits per heavy atom. The second kappa shape index (κ2) is 6.35. The number of nitrogens with one attached hydrogen (secondary N) is 1. The fraction of sp³-hybridized carbons (Fsp3) is 0.364. The van der Waals surface area contributed by atoms with Gasteiger partial charge in [0.1, 0.15) is 0 Å². The first kappa shape index (κ1) is 12.8. The zero-order chi connectivity index (χ0) is 12.0. The highest BCUT2D eigenvalue weighted by Gasteiger charge is 2.09. The average molecular weight is 243 g/mol. The van der Waals surface area contributed by atoms with Crippen LogP contribution in [-0.4, -0.2) is 25.7 Å². The molecule has 0 aliphatic rings. The summed E-state index contributed by atoms with van der Waals surface area (Å²) in [5.74, 6) is -0.236. The van der Waals surface area contributed by atoms with Crippen molar-refractivity contribution in [3.63, 3.8) is 0 Å². The van der Waals surface area contributed by atoms with Gasteiger partial charge < -0.3 is 15.8 Å². The third-order valence-corrected chi connectivity index (χ3v) is 2.23. The van der Waals surface area contributed by atoms with Gasteiger partial charge in [0.25, 0.3) is 5.91 Å². The van der Waals surface area contributed by atoms with E-state index in [9.17, 15) is 4.79 Å². The Morgan fingerprint density at radius 3 is 3.00 bits per heavy atom. The van der Waals surface area contributed by atoms with Crippen molar-refractivity contribution < 1.29 is 9.53 Å². The van der Waals surface area contributed by atoms with Gasteiger partial charge >= 0.3 is 0 Å². The van der Waals surface area contributed by atoms with Crippen molar-refractivity contribution in [3.05, 3.63) is 28.8 Å². The molecule has 0 atom stereocenters. The highest BCUT2D eigenvalue weighted by molar-refractivity contribution is 6.31. The maximum Gasteiger partial charge on any atom is 0.253 e. The SMILES string of the molecule is CCOCCNC(=O)c1cc(Cl)ccc1N. The molecule has 0 saturated heterocycles. The Hall–Kier alpha value is -1.26. The van der Waals surface area contributed by atoms with E-state index < -0.39 is 0 Å². The highest BCUT2D eigenvalue weighted by atomic mass is 35.5. The maximum atomic E-state index is 11.7. The molecule has 0 fully saturated rings. The molecule has 4 nitrogen and oxygen atoms in total. The lowest BCUT2D eigenvalue weighted by Gasteiger charge is -2.07. The van der Waals surface area contributed by atoms with Gasteiger partial charge in [0.15, 0.2) is 0 Å². The van der Waals surface area contributed by atoms with Gasteiger partial charge in [-0.3, -0.25) is 4.79 Å². The van der Waals surface area contributed by atoms with E-state index in [2.05, 4.69) is 5.32 Å². The molecule has 0 unspecified atom stereocenters. The number of carbonyl (C=O) groups is 1. The number of halogens is 1. The van der Waals surface area contributed by atoms with Crippen LogP contribution in [0.25, 0.3) is 0 Å². The van der Waals surface area contributed by atoms with Crippen molar-refractivity contribution in [1.82, 2.24) is 5.32 Å². The van der Waals surface area contributed by atoms with Gasteiger partial charge in [0.2, 0.25) is 0 Å². The molecule has 1 aromatic rings. The number of rotatable bonds is 5. The molecule has 88 valence electrons. The molecule has 1 rings (SSSR count). The molecule has 0 saturated carbocycles. The molecule has 0 aromatic heterocycles. The first-order chi connectivity index (χ1) is 7.65. The number of hydrogen-bond donors (Lipinski definition) is 2. The first-order valence-corrected chi connectivity index (χ1v) is 5.44. The second-order valence-corrected chi connectivity index (χ2v) is 3.62. The lowest BCUT2D eigenvalue weighted by molar-refractivity contribution is 0.0923. The van der Waals surface area contributed by atoms with Crippen LogP contribution < -0.4 is 11.1 Å². The Balaban J connectivity index is 2.55. The molecular weight excluding hydrogens is 228 g/mol. The summed E-state index contributed by atoms with van der Waals surface area (Å²) in [5.41, 5.74) is 6.48. The van der Waals surface area contributed by atoms with E-state index in [0.717, 1.165) is 0 Å². The van der Waals surface area contributed by atoms with Gasteiger partial charge in [0.05, 0.1) is 12.2 Å². The lowest BCUT2D eigenvalue weighted by Crippen LogP contribution is -2.27. The number of benzene rings is 1. The van der Waals surface area contributed by atoms with E-state index in [1.165, 1.54) is 0 Å². The smallest absolute Gasteiger partial charge is 0.253 e. The second-order valence-electron chi connectivity index (χ2n) is 3.18. The average Bonchev–Trinajstić information content (AvgIpc) is 2.27. The Morgan fingerprint density at radius 1 is 1.56 bits per heavy atom. The van der Waals surface area contributed by atoms with Crippen LogP contribution in [0.15, 0.2) is 18.2 Å². The quantitative estimate of drug-likeness (QED) is 0.610. The molecule has 1 amide bonds. The van der Waals surface area contributed by atoms with Crippen LogP contribution in [0.4, 0.5) is 5.69 Å². The summed E-state index contributed by atoms with van der Waals surface area (Å²) in [5, 5.41) is 3.19. The molecule has 0 radical (unpaired) electrons. The van der Waals surface area contributed by atoms with E-state index in [-0.39, 0.29) is 5.91 Å². The van der Waals surface area contributed by atoms with Crippen molar-refractivity contribution in [3.8, 4) is 0 Å². The lowest BCUT2D eigenvalue weighted by atomic mass is 10.1. The summed E-state index contributed by atoms with van der Waals surface area (Å²) >= 11 is 5.78. The summed E-state index contributed by atoms with van der Waals surface area (Å²) in [6, 6.07) is 4.81. The number of nitrogen functional groups attached to an aromatic ring is 1. The highest BCUT2D eigenvalue weighted by Crippen LogP contribution is 2.17. The van der Waals surface area contributed by atoms with E-state index in [1.807, 2.05) is 6.92 Å². The molecule has 0 aliphatic heterocycles. The minimum absolute atomic E-state index is 0.236. The van der Waals surface area contributed by atoms with Gasteiger partial charge in [-0.2, -0.15) is 0 Å². The Bertz CT molecular complexity index is 369. The minimum Gasteiger partial charge on any atom is -0.398 e. The molecule has 0 aliphatic carbocycles. The zero-order valence-electron chi connectivity index (χ0n) is 9.13. The monoisotopic (exact) mass is 242 g/mol. The van der Waals surface area contributed by atoms with Gasteiger partial charge in [-0.1, -0.05) is 11.6 Å². The molecule has 3 N–H and O–H groups in total. The van der Waals surface area contributed by atoms with E-state index >= 15 is 0 Å². The van der Waals surface area contributed by atoms with Crippen LogP contribution in [0.3, 0.4) is 0 Å². The number of hydrogen-bond acceptors (Lipinski definition) is 3. The minimum atomic E-state index is -0.236. The third kappa shape index (κ3) is 3.72. The topological polar surface area (TPSA) is 64.3 Å². The summed E-state index contributed by atoms with van der Waals surface area (Å²) in [7, 11) is 0. The predicted octanol–water partition coefficient (Wildman–Crippen LogP) is 1.69. The van der Waals surface area contributed by atoms with Crippen LogP contribution in [0.2, 0.25) is 5.02 Å². The van der Waals surface area contributed by atoms with Crippen molar-refractivity contribution in [2.45, 2.75) is 6.92 Å². The maximum absolute atomic E-state index is 11.7. The number of amides is 1. The molecule has 0 bridgehead atoms. The predicted molar refractivity (Wildman–Crippen MR) is 64.7 cm³/mol. The van der Waals surface area contributed by atoms with Crippen LogP contribution in [0, 0.1) is 0 Å². The number of nitrogens with two attached hydrogens (primary N) is 1. The normalized spacial score (nSPS) is 10.1. The summed E-state index contributed by atoms with van der Waals surface area (Å²) in [4.78, 5) is 11.7. The molecular formula is C11H15ClN2O2. The summed E-state index contributed by atoms with van der Waals surface area (Å²) in [6.07, 6.45) is 0. The molecule has 5 heteroatoms. The van der Waals surface area contributed by atoms with Gasteiger partial charge in [0, 0.05) is 23.9 Å². The molecule has 0 heterocycles. The Kier molecular flexibility index (Phi) is 5.08. The van der Waals surface area contributed by atoms with Crippen molar-refractivity contribution >= 4 is 23.2 Å². The first-order valence-electron chi connectivity index (χ1n) is 5.06. The van der Waals surface area contributed by atoms with Crippen LogP contribution in [0.5, 0.6) is 0 Å². The Labute approximate surface area is 99.7 Å². The van der Waals surface area contributed by atoms with Crippen molar-refractivity contribution in [2.75, 3.05) is 25.5 Å². The van der Waals surface area contributed by atoms with Gasteiger partial charge in [-0.05, 0) is 25.1 Å². The number of carbonyl (C=O) groups excluding carboxylic acids is 1. The molecule has 1 aromatic carbocycles. The van der Waals surface area contributed by atoms with Crippen LogP contribution in [-0.2, 0) is 4.74 Å².